The second kappa shape index (κ2) is 4.50. The van der Waals surface area contributed by atoms with Gasteiger partial charge in [0, 0.05) is 13.1 Å². The topological polar surface area (TPSA) is 61.4 Å². The van der Waals surface area contributed by atoms with Gasteiger partial charge in [0.1, 0.15) is 0 Å². The Hall–Kier alpha value is -0.960. The van der Waals surface area contributed by atoms with E-state index in [1.165, 1.54) is 27.2 Å². The number of nitrogens with zero attached hydrogens (tertiary/aromatic N) is 1. The molecule has 1 aromatic carbocycles. The monoisotopic (exact) mass is 351 g/mol. The van der Waals surface area contributed by atoms with Crippen LogP contribution in [0.15, 0.2) is 32.3 Å². The Morgan fingerprint density at radius 2 is 2.31 bits per heavy atom. The van der Waals surface area contributed by atoms with Crippen molar-refractivity contribution in [3.63, 3.8) is 0 Å². The Morgan fingerprint density at radius 1 is 1.56 bits per heavy atom. The van der Waals surface area contributed by atoms with Crippen molar-refractivity contribution in [3.05, 3.63) is 28.7 Å². The van der Waals surface area contributed by atoms with Crippen molar-refractivity contribution in [1.82, 2.24) is 4.57 Å². The summed E-state index contributed by atoms with van der Waals surface area (Å²) in [6.45, 7) is 0. The third kappa shape index (κ3) is 2.24. The highest BCUT2D eigenvalue weighted by atomic mass is 127. The predicted octanol–water partition coefficient (Wildman–Crippen LogP) is 2.71. The van der Waals surface area contributed by atoms with Gasteiger partial charge in [0.15, 0.2) is 5.58 Å². The average molecular weight is 351 g/mol. The molecule has 1 heterocycles. The highest BCUT2D eigenvalue weighted by Crippen LogP contribution is 2.24. The number of carbonyl (C=O) groups excluding carboxylic acids is 1. The molecule has 0 spiro atoms. The van der Waals surface area contributed by atoms with E-state index >= 15 is 0 Å². The molecule has 2 rings (SSSR count). The molecule has 0 aliphatic rings. The van der Waals surface area contributed by atoms with Gasteiger partial charge in [0.2, 0.25) is 0 Å². The largest absolute Gasteiger partial charge is 0.419 e. The molecule has 0 saturated heterocycles. The van der Waals surface area contributed by atoms with Gasteiger partial charge < -0.3 is 8.60 Å². The number of carbonyl (C=O) groups is 1. The van der Waals surface area contributed by atoms with Crippen LogP contribution in [0.2, 0.25) is 0 Å². The summed E-state index contributed by atoms with van der Waals surface area (Å²) in [7, 11) is 1.63. The van der Waals surface area contributed by atoms with Crippen molar-refractivity contribution in [2.75, 3.05) is 0 Å². The fourth-order valence-corrected chi connectivity index (χ4v) is 1.96. The Labute approximate surface area is 108 Å². The zero-order chi connectivity index (χ0) is 11.7. The van der Waals surface area contributed by atoms with Crippen molar-refractivity contribution in [3.8, 4) is 0 Å². The first kappa shape index (κ1) is 11.5. The molecule has 2 aromatic rings. The van der Waals surface area contributed by atoms with Crippen LogP contribution in [0, 0.1) is 0 Å². The van der Waals surface area contributed by atoms with E-state index in [2.05, 4.69) is 0 Å². The molecule has 7 heteroatoms. The molecule has 1 aromatic heterocycles. The molecule has 0 unspecified atom stereocenters. The lowest BCUT2D eigenvalue weighted by atomic mass is 10.3. The smallest absolute Gasteiger partial charge is 0.408 e. The summed E-state index contributed by atoms with van der Waals surface area (Å²) < 4.78 is 10.8. The SMILES string of the molecule is Cn1c(=O)oc2cc(SOC(=O)I)ccc21. The maximum atomic E-state index is 11.2. The normalized spacial score (nSPS) is 10.6. The lowest BCUT2D eigenvalue weighted by molar-refractivity contribution is 0.237. The number of aryl methyl sites for hydroxylation is 1. The summed E-state index contributed by atoms with van der Waals surface area (Å²) in [5.41, 5.74) is 1.18. The Morgan fingerprint density at radius 3 is 3.00 bits per heavy atom. The van der Waals surface area contributed by atoms with Crippen molar-refractivity contribution in [2.24, 2.45) is 7.05 Å². The van der Waals surface area contributed by atoms with Gasteiger partial charge in [-0.3, -0.25) is 4.57 Å². The Kier molecular flexibility index (Phi) is 3.24. The van der Waals surface area contributed by atoms with Crippen LogP contribution in [-0.4, -0.2) is 8.54 Å². The minimum Gasteiger partial charge on any atom is -0.408 e. The van der Waals surface area contributed by atoms with E-state index in [4.69, 9.17) is 8.60 Å². The first-order valence-corrected chi connectivity index (χ1v) is 6.03. The van der Waals surface area contributed by atoms with Gasteiger partial charge in [-0.15, -0.1) is 0 Å². The van der Waals surface area contributed by atoms with Crippen LogP contribution in [0.5, 0.6) is 0 Å². The fraction of sp³-hybridized carbons (Fsp3) is 0.111. The van der Waals surface area contributed by atoms with Crippen LogP contribution in [0.4, 0.5) is 4.79 Å². The van der Waals surface area contributed by atoms with Gasteiger partial charge in [-0.1, -0.05) is 0 Å². The standard InChI is InChI=1S/C9H6INO4S/c1-11-6-3-2-5(16-15-8(10)12)4-7(6)14-9(11)13/h2-4H,1H3. The third-order valence-corrected chi connectivity index (χ3v) is 3.17. The second-order valence-electron chi connectivity index (χ2n) is 2.96. The lowest BCUT2D eigenvalue weighted by Gasteiger charge is -1.98. The summed E-state index contributed by atoms with van der Waals surface area (Å²) in [4.78, 5) is 22.5. The molecular formula is C9H6INO4S. The molecule has 84 valence electrons. The van der Waals surface area contributed by atoms with E-state index in [-0.39, 0.29) is 0 Å². The van der Waals surface area contributed by atoms with Crippen molar-refractivity contribution in [2.45, 2.75) is 4.90 Å². The van der Waals surface area contributed by atoms with E-state index in [1.54, 1.807) is 25.2 Å². The maximum Gasteiger partial charge on any atom is 0.419 e. The molecule has 0 aliphatic heterocycles. The van der Waals surface area contributed by atoms with Crippen molar-refractivity contribution in [1.29, 1.82) is 0 Å². The van der Waals surface area contributed by atoms with Gasteiger partial charge >= 0.3 is 9.73 Å². The summed E-state index contributed by atoms with van der Waals surface area (Å²) >= 11 is 2.47. The number of hydrogen-bond acceptors (Lipinski definition) is 5. The molecule has 0 saturated carbocycles. The molecule has 0 aliphatic carbocycles. The van der Waals surface area contributed by atoms with E-state index in [0.717, 1.165) is 12.0 Å². The van der Waals surface area contributed by atoms with Crippen LogP contribution in [0.25, 0.3) is 11.1 Å². The number of hydrogen-bond donors (Lipinski definition) is 0. The van der Waals surface area contributed by atoms with E-state index in [1.807, 2.05) is 0 Å². The predicted molar refractivity (Wildman–Crippen MR) is 67.8 cm³/mol. The highest BCUT2D eigenvalue weighted by molar-refractivity contribution is 14.1. The summed E-state index contributed by atoms with van der Waals surface area (Å²) in [6, 6.07) is 5.14. The molecule has 0 fully saturated rings. The van der Waals surface area contributed by atoms with Crippen LogP contribution < -0.4 is 5.76 Å². The summed E-state index contributed by atoms with van der Waals surface area (Å²) in [6.07, 6.45) is 0. The zero-order valence-electron chi connectivity index (χ0n) is 8.10. The van der Waals surface area contributed by atoms with Gasteiger partial charge in [0.05, 0.1) is 45.0 Å². The van der Waals surface area contributed by atoms with E-state index < -0.39 is 9.73 Å². The first-order valence-electron chi connectivity index (χ1n) is 4.21. The van der Waals surface area contributed by atoms with Gasteiger partial charge in [-0.25, -0.2) is 9.59 Å². The minimum atomic E-state index is -0.414. The van der Waals surface area contributed by atoms with Gasteiger partial charge in [-0.2, -0.15) is 0 Å². The highest BCUT2D eigenvalue weighted by Gasteiger charge is 2.07. The van der Waals surface area contributed by atoms with E-state index in [9.17, 15) is 9.59 Å². The molecule has 0 bridgehead atoms. The number of oxazole rings is 1. The number of aromatic nitrogens is 1. The number of halogens is 1. The summed E-state index contributed by atoms with van der Waals surface area (Å²) in [5, 5.41) is 0. The Bertz CT molecular complexity index is 603. The first-order chi connectivity index (χ1) is 7.58. The maximum absolute atomic E-state index is 11.2. The quantitative estimate of drug-likeness (QED) is 0.473. The van der Waals surface area contributed by atoms with Crippen molar-refractivity contribution >= 4 is 49.7 Å². The number of benzene rings is 1. The molecule has 16 heavy (non-hydrogen) atoms. The molecule has 0 radical (unpaired) electrons. The van der Waals surface area contributed by atoms with Crippen LogP contribution in [0.3, 0.4) is 0 Å². The molecule has 0 amide bonds. The molecule has 0 atom stereocenters. The number of fused-ring (bicyclic) bond motifs is 1. The minimum absolute atomic E-state index is 0.405. The van der Waals surface area contributed by atoms with Crippen LogP contribution in [-0.2, 0) is 11.2 Å². The van der Waals surface area contributed by atoms with Gasteiger partial charge in [-0.05, 0) is 12.1 Å². The van der Waals surface area contributed by atoms with Crippen molar-refractivity contribution < 1.29 is 13.4 Å². The van der Waals surface area contributed by atoms with E-state index in [0.29, 0.717) is 16.0 Å². The second-order valence-corrected chi connectivity index (χ2v) is 4.65. The van der Waals surface area contributed by atoms with Gasteiger partial charge in [0.25, 0.3) is 0 Å². The lowest BCUT2D eigenvalue weighted by Crippen LogP contribution is -2.08. The zero-order valence-corrected chi connectivity index (χ0v) is 11.1. The van der Waals surface area contributed by atoms with Crippen LogP contribution >= 0.6 is 34.6 Å². The average Bonchev–Trinajstić information content (AvgIpc) is 2.52. The summed E-state index contributed by atoms with van der Waals surface area (Å²) in [5.74, 6) is -0.414. The molecule has 0 N–H and O–H groups in total. The number of rotatable bonds is 2. The molecular weight excluding hydrogens is 345 g/mol. The molecule has 5 nitrogen and oxygen atoms in total. The Balaban J connectivity index is 2.37. The van der Waals surface area contributed by atoms with Crippen LogP contribution in [0.1, 0.15) is 0 Å². The third-order valence-electron chi connectivity index (χ3n) is 1.97. The fourth-order valence-electron chi connectivity index (χ4n) is 1.25.